The van der Waals surface area contributed by atoms with Crippen LogP contribution in [0, 0.1) is 18.8 Å². The van der Waals surface area contributed by atoms with Gasteiger partial charge in [-0.3, -0.25) is 9.89 Å². The molecular weight excluding hydrogens is 475 g/mol. The number of rotatable bonds is 10. The number of aromatic amines is 1. The molecule has 6 rings (SSSR count). The van der Waals surface area contributed by atoms with Crippen molar-refractivity contribution in [3.63, 3.8) is 0 Å². The molecule has 1 aliphatic heterocycles. The van der Waals surface area contributed by atoms with E-state index in [4.69, 9.17) is 4.98 Å². The van der Waals surface area contributed by atoms with Crippen molar-refractivity contribution in [3.8, 4) is 0 Å². The van der Waals surface area contributed by atoms with E-state index in [-0.39, 0.29) is 16.2 Å². The topological polar surface area (TPSA) is 86.8 Å². The molecule has 7 nitrogen and oxygen atoms in total. The number of ketones is 1. The molecule has 2 saturated carbocycles. The molecular formula is C27H37FN6OS. The van der Waals surface area contributed by atoms with Crippen LogP contribution in [0.5, 0.6) is 0 Å². The number of benzene rings is 1. The number of halogens is 1. The van der Waals surface area contributed by atoms with Gasteiger partial charge in [0.15, 0.2) is 11.0 Å². The smallest absolute Gasteiger partial charge is 0.196 e. The summed E-state index contributed by atoms with van der Waals surface area (Å²) in [4.78, 5) is 24.6. The summed E-state index contributed by atoms with van der Waals surface area (Å²) in [6.07, 6.45) is 5.57. The van der Waals surface area contributed by atoms with Crippen LogP contribution < -0.4 is 10.2 Å². The number of anilines is 3. The van der Waals surface area contributed by atoms with Crippen LogP contribution in [-0.2, 0) is 11.2 Å². The van der Waals surface area contributed by atoms with E-state index >= 15 is 0 Å². The first-order valence-corrected chi connectivity index (χ1v) is 13.1. The summed E-state index contributed by atoms with van der Waals surface area (Å²) < 4.78 is 15.0. The van der Waals surface area contributed by atoms with Gasteiger partial charge in [-0.25, -0.2) is 14.4 Å². The fourth-order valence-corrected chi connectivity index (χ4v) is 5.40. The molecule has 0 amide bonds. The molecule has 194 valence electrons. The van der Waals surface area contributed by atoms with Crippen LogP contribution >= 0.6 is 11.8 Å². The third-order valence-corrected chi connectivity index (χ3v) is 7.81. The van der Waals surface area contributed by atoms with Crippen molar-refractivity contribution < 1.29 is 12.0 Å². The summed E-state index contributed by atoms with van der Waals surface area (Å²) in [7, 11) is 0. The Morgan fingerprint density at radius 3 is 2.56 bits per heavy atom. The highest BCUT2D eigenvalue weighted by Crippen LogP contribution is 2.48. The van der Waals surface area contributed by atoms with Gasteiger partial charge >= 0.3 is 0 Å². The Morgan fingerprint density at radius 1 is 1.17 bits per heavy atom. The highest BCUT2D eigenvalue weighted by Gasteiger charge is 2.54. The fourth-order valence-electron chi connectivity index (χ4n) is 4.63. The zero-order chi connectivity index (χ0) is 24.0. The first-order chi connectivity index (χ1) is 16.9. The largest absolute Gasteiger partial charge is 0.350 e. The van der Waals surface area contributed by atoms with E-state index in [0.717, 1.165) is 29.0 Å². The zero-order valence-corrected chi connectivity index (χ0v) is 20.6. The van der Waals surface area contributed by atoms with Crippen LogP contribution in [-0.4, -0.2) is 44.7 Å². The number of carbonyl (C=O) groups excluding carboxylic acids is 1. The highest BCUT2D eigenvalue weighted by molar-refractivity contribution is 7.99. The summed E-state index contributed by atoms with van der Waals surface area (Å²) in [5.41, 5.74) is 0.894. The predicted molar refractivity (Wildman–Crippen MR) is 145 cm³/mol. The number of hydrogen-bond donors (Lipinski definition) is 2. The lowest BCUT2D eigenvalue weighted by molar-refractivity contribution is -0.118. The van der Waals surface area contributed by atoms with E-state index in [1.165, 1.54) is 24.6 Å². The molecule has 1 saturated heterocycles. The molecule has 3 aliphatic rings. The van der Waals surface area contributed by atoms with Crippen molar-refractivity contribution in [2.75, 3.05) is 23.3 Å². The van der Waals surface area contributed by atoms with Gasteiger partial charge in [-0.15, -0.1) is 0 Å². The number of H-pyrrole nitrogens is 1. The first kappa shape index (κ1) is 24.7. The molecule has 1 aromatic carbocycles. The average Bonchev–Trinajstić information content (AvgIpc) is 3.73. The molecule has 3 aromatic rings. The predicted octanol–water partition coefficient (Wildman–Crippen LogP) is 6.38. The third-order valence-electron chi connectivity index (χ3n) is 6.94. The Kier molecular flexibility index (Phi) is 6.76. The number of aryl methyl sites for hydroxylation is 1. The molecule has 0 spiro atoms. The Labute approximate surface area is 218 Å². The third kappa shape index (κ3) is 5.72. The summed E-state index contributed by atoms with van der Waals surface area (Å²) in [5.74, 6) is 3.15. The standard InChI is InChI=1S/C26H29FN6OS.CH4.2H2/c1-16-10-23(32-31-16)28-22-13-24(33-14-26(27,15-33)19-6-7-19)30-25(29-22)35-21-8-4-18(5-9-21)12-20(34)11-17-2-3-17;;;/h4-5,8-10,13,17,19H,2-3,6-7,11-12,14-15H2,1H3,(H2,28,29,30,31,32);1H4;2*1H. The van der Waals surface area contributed by atoms with Crippen LogP contribution in [0.4, 0.5) is 21.8 Å². The molecule has 0 atom stereocenters. The lowest BCUT2D eigenvalue weighted by atomic mass is 9.91. The van der Waals surface area contributed by atoms with Gasteiger partial charge in [-0.05, 0) is 73.9 Å². The number of Topliss-reactive ketones (excluding diaryl/α,β-unsaturated/α-hetero) is 1. The molecule has 2 aromatic heterocycles. The number of nitrogens with zero attached hydrogens (tertiary/aromatic N) is 4. The fraction of sp³-hybridized carbons (Fsp3) is 0.481. The minimum Gasteiger partial charge on any atom is -0.350 e. The molecule has 0 radical (unpaired) electrons. The van der Waals surface area contributed by atoms with Gasteiger partial charge in [0, 0.05) is 38.4 Å². The van der Waals surface area contributed by atoms with E-state index in [0.29, 0.717) is 60.2 Å². The van der Waals surface area contributed by atoms with Crippen molar-refractivity contribution in [1.29, 1.82) is 0 Å². The lowest BCUT2D eigenvalue weighted by Crippen LogP contribution is -2.60. The van der Waals surface area contributed by atoms with Crippen molar-refractivity contribution in [3.05, 3.63) is 47.7 Å². The maximum absolute atomic E-state index is 15.0. The summed E-state index contributed by atoms with van der Waals surface area (Å²) >= 11 is 1.45. The van der Waals surface area contributed by atoms with Crippen LogP contribution in [0.3, 0.4) is 0 Å². The van der Waals surface area contributed by atoms with E-state index in [1.807, 2.05) is 48.2 Å². The maximum Gasteiger partial charge on any atom is 0.196 e. The lowest BCUT2D eigenvalue weighted by Gasteiger charge is -2.45. The van der Waals surface area contributed by atoms with Crippen LogP contribution in [0.15, 0.2) is 46.5 Å². The molecule has 3 heterocycles. The Balaban J connectivity index is 0.00000133. The second-order valence-corrected chi connectivity index (χ2v) is 11.3. The summed E-state index contributed by atoms with van der Waals surface area (Å²) in [5, 5.41) is 11.0. The minimum absolute atomic E-state index is 0. The van der Waals surface area contributed by atoms with Gasteiger partial charge in [0.2, 0.25) is 0 Å². The van der Waals surface area contributed by atoms with E-state index in [2.05, 4.69) is 20.5 Å². The van der Waals surface area contributed by atoms with Gasteiger partial charge in [0.05, 0.1) is 13.1 Å². The zero-order valence-electron chi connectivity index (χ0n) is 19.8. The average molecular weight is 513 g/mol. The quantitative estimate of drug-likeness (QED) is 0.305. The van der Waals surface area contributed by atoms with Crippen LogP contribution in [0.25, 0.3) is 0 Å². The normalized spacial score (nSPS) is 18.3. The van der Waals surface area contributed by atoms with Crippen molar-refractivity contribution in [1.82, 2.24) is 20.2 Å². The van der Waals surface area contributed by atoms with Gasteiger partial charge in [-0.1, -0.05) is 19.6 Å². The second kappa shape index (κ2) is 9.84. The van der Waals surface area contributed by atoms with Crippen LogP contribution in [0.1, 0.15) is 53.6 Å². The number of hydrogen-bond acceptors (Lipinski definition) is 7. The number of aromatic nitrogens is 4. The van der Waals surface area contributed by atoms with Gasteiger partial charge in [0.1, 0.15) is 23.1 Å². The second-order valence-electron chi connectivity index (χ2n) is 10.2. The Morgan fingerprint density at radius 2 is 1.92 bits per heavy atom. The summed E-state index contributed by atoms with van der Waals surface area (Å²) in [6.45, 7) is 2.69. The van der Waals surface area contributed by atoms with Gasteiger partial charge < -0.3 is 10.2 Å². The molecule has 9 heteroatoms. The molecule has 2 aliphatic carbocycles. The SMILES string of the molecule is C.Cc1cc(Nc2cc(N3CC(F)(C4CC4)C3)nc(Sc3ccc(CC(=O)CC4CC4)cc3)n2)n[nH]1.[HH].[HH]. The monoisotopic (exact) mass is 512 g/mol. The number of carbonyl (C=O) groups is 1. The maximum atomic E-state index is 15.0. The Hall–Kier alpha value is -2.94. The number of nitrogens with one attached hydrogen (secondary N) is 2. The highest BCUT2D eigenvalue weighted by atomic mass is 32.2. The molecule has 0 bridgehead atoms. The van der Waals surface area contributed by atoms with Crippen molar-refractivity contribution in [2.45, 2.75) is 68.6 Å². The van der Waals surface area contributed by atoms with Gasteiger partial charge in [-0.2, -0.15) is 5.10 Å². The van der Waals surface area contributed by atoms with Crippen LogP contribution in [0.2, 0.25) is 0 Å². The number of alkyl halides is 1. The summed E-state index contributed by atoms with van der Waals surface area (Å²) in [6, 6.07) is 11.8. The van der Waals surface area contributed by atoms with E-state index < -0.39 is 5.67 Å². The molecule has 3 fully saturated rings. The molecule has 0 unspecified atom stereocenters. The first-order valence-electron chi connectivity index (χ1n) is 12.3. The van der Waals surface area contributed by atoms with E-state index in [1.54, 1.807) is 0 Å². The van der Waals surface area contributed by atoms with Crippen molar-refractivity contribution >= 4 is 35.0 Å². The van der Waals surface area contributed by atoms with Gasteiger partial charge in [0.25, 0.3) is 0 Å². The van der Waals surface area contributed by atoms with E-state index in [9.17, 15) is 9.18 Å². The van der Waals surface area contributed by atoms with Crippen molar-refractivity contribution in [2.24, 2.45) is 11.8 Å². The molecule has 36 heavy (non-hydrogen) atoms. The minimum atomic E-state index is -1.09. The Bertz CT molecular complexity index is 1240. The molecule has 2 N–H and O–H groups in total.